The van der Waals surface area contributed by atoms with Crippen molar-refractivity contribution >= 4 is 5.91 Å². The summed E-state index contributed by atoms with van der Waals surface area (Å²) in [6, 6.07) is 13.6. The van der Waals surface area contributed by atoms with E-state index in [1.807, 2.05) is 12.1 Å². The predicted molar refractivity (Wildman–Crippen MR) is 101 cm³/mol. The molecule has 28 heavy (non-hydrogen) atoms. The lowest BCUT2D eigenvalue weighted by atomic mass is 10.2. The topological polar surface area (TPSA) is 82.5 Å². The van der Waals surface area contributed by atoms with E-state index in [2.05, 4.69) is 10.4 Å². The molecule has 3 rings (SSSR count). The number of carbonyl (C=O) groups excluding carboxylic acids is 1. The van der Waals surface area contributed by atoms with Crippen LogP contribution in [-0.4, -0.2) is 29.9 Å². The lowest BCUT2D eigenvalue weighted by molar-refractivity contribution is 0.0940. The first-order valence-electron chi connectivity index (χ1n) is 8.37. The van der Waals surface area contributed by atoms with Gasteiger partial charge in [-0.2, -0.15) is 9.78 Å². The molecule has 0 radical (unpaired) electrons. The van der Waals surface area contributed by atoms with E-state index in [1.54, 1.807) is 19.2 Å². The first-order valence-corrected chi connectivity index (χ1v) is 8.37. The first-order chi connectivity index (χ1) is 13.5. The van der Waals surface area contributed by atoms with Crippen LogP contribution in [-0.2, 0) is 6.54 Å². The average Bonchev–Trinajstić information content (AvgIpc) is 2.72. The van der Waals surface area contributed by atoms with Gasteiger partial charge in [0.25, 0.3) is 11.5 Å². The van der Waals surface area contributed by atoms with E-state index in [4.69, 9.17) is 9.47 Å². The number of halogens is 1. The lowest BCUT2D eigenvalue weighted by Crippen LogP contribution is -2.29. The Morgan fingerprint density at radius 1 is 1.11 bits per heavy atom. The molecule has 0 spiro atoms. The minimum Gasteiger partial charge on any atom is -0.497 e. The molecule has 0 saturated heterocycles. The molecule has 0 atom stereocenters. The van der Waals surface area contributed by atoms with Crippen LogP contribution in [0.15, 0.2) is 59.4 Å². The average molecular weight is 383 g/mol. The van der Waals surface area contributed by atoms with Crippen molar-refractivity contribution in [3.8, 4) is 17.2 Å². The number of benzene rings is 2. The number of amides is 1. The van der Waals surface area contributed by atoms with Gasteiger partial charge in [0.2, 0.25) is 0 Å². The fourth-order valence-electron chi connectivity index (χ4n) is 2.57. The standard InChI is InChI=1S/C20H18FN3O4/c1-27-16-5-3-4-13(10-16)12-22-20(26)19-17(28-2)11-18(25)24(23-19)15-8-6-14(21)7-9-15/h3-11H,12H2,1-2H3,(H,22,26). The Labute approximate surface area is 160 Å². The number of hydrogen-bond acceptors (Lipinski definition) is 5. The van der Waals surface area contributed by atoms with Crippen LogP contribution in [0, 0.1) is 5.82 Å². The highest BCUT2D eigenvalue weighted by atomic mass is 19.1. The third-order valence-electron chi connectivity index (χ3n) is 3.99. The van der Waals surface area contributed by atoms with Crippen molar-refractivity contribution in [1.82, 2.24) is 15.1 Å². The second-order valence-electron chi connectivity index (χ2n) is 5.82. The minimum absolute atomic E-state index is 0.0477. The molecule has 8 heteroatoms. The van der Waals surface area contributed by atoms with Crippen LogP contribution in [0.25, 0.3) is 5.69 Å². The fourth-order valence-corrected chi connectivity index (χ4v) is 2.57. The Morgan fingerprint density at radius 3 is 2.54 bits per heavy atom. The van der Waals surface area contributed by atoms with Crippen LogP contribution in [0.5, 0.6) is 11.5 Å². The zero-order chi connectivity index (χ0) is 20.1. The van der Waals surface area contributed by atoms with Crippen LogP contribution in [0.2, 0.25) is 0 Å². The maximum atomic E-state index is 13.1. The summed E-state index contributed by atoms with van der Waals surface area (Å²) < 4.78 is 24.4. The Morgan fingerprint density at radius 2 is 1.86 bits per heavy atom. The molecule has 1 amide bonds. The van der Waals surface area contributed by atoms with Crippen LogP contribution in [0.1, 0.15) is 16.1 Å². The van der Waals surface area contributed by atoms with E-state index >= 15 is 0 Å². The first kappa shape index (κ1) is 19.1. The van der Waals surface area contributed by atoms with Gasteiger partial charge in [-0.05, 0) is 42.0 Å². The van der Waals surface area contributed by atoms with Crippen molar-refractivity contribution in [3.63, 3.8) is 0 Å². The normalized spacial score (nSPS) is 10.4. The van der Waals surface area contributed by atoms with Gasteiger partial charge in [0.1, 0.15) is 11.6 Å². The van der Waals surface area contributed by atoms with Gasteiger partial charge in [-0.3, -0.25) is 9.59 Å². The third kappa shape index (κ3) is 4.17. The highest BCUT2D eigenvalue weighted by Crippen LogP contribution is 2.16. The van der Waals surface area contributed by atoms with E-state index in [0.717, 1.165) is 16.3 Å². The summed E-state index contributed by atoms with van der Waals surface area (Å²) in [6.07, 6.45) is 0. The molecule has 0 aliphatic heterocycles. The number of carbonyl (C=O) groups is 1. The van der Waals surface area contributed by atoms with E-state index in [1.165, 1.54) is 31.4 Å². The van der Waals surface area contributed by atoms with Gasteiger partial charge < -0.3 is 14.8 Å². The zero-order valence-corrected chi connectivity index (χ0v) is 15.3. The van der Waals surface area contributed by atoms with Gasteiger partial charge in [-0.1, -0.05) is 12.1 Å². The highest BCUT2D eigenvalue weighted by molar-refractivity contribution is 5.94. The summed E-state index contributed by atoms with van der Waals surface area (Å²) in [5.74, 6) is -0.240. The van der Waals surface area contributed by atoms with E-state index in [9.17, 15) is 14.0 Å². The quantitative estimate of drug-likeness (QED) is 0.706. The molecular weight excluding hydrogens is 365 g/mol. The summed E-state index contributed by atoms with van der Waals surface area (Å²) in [4.78, 5) is 24.9. The summed E-state index contributed by atoms with van der Waals surface area (Å²) >= 11 is 0. The monoisotopic (exact) mass is 383 g/mol. The molecule has 2 aromatic carbocycles. The summed E-state index contributed by atoms with van der Waals surface area (Å²) in [6.45, 7) is 0.233. The third-order valence-corrected chi connectivity index (χ3v) is 3.99. The second kappa shape index (κ2) is 8.34. The summed E-state index contributed by atoms with van der Waals surface area (Å²) in [5, 5.41) is 6.85. The fraction of sp³-hybridized carbons (Fsp3) is 0.150. The minimum atomic E-state index is -0.518. The number of hydrogen-bond donors (Lipinski definition) is 1. The predicted octanol–water partition coefficient (Wildman–Crippen LogP) is 2.32. The van der Waals surface area contributed by atoms with Crippen LogP contribution < -0.4 is 20.3 Å². The Kier molecular flexibility index (Phi) is 5.69. The van der Waals surface area contributed by atoms with Gasteiger partial charge >= 0.3 is 0 Å². The molecular formula is C20H18FN3O4. The Hall–Kier alpha value is -3.68. The van der Waals surface area contributed by atoms with Gasteiger partial charge in [-0.25, -0.2) is 4.39 Å². The SMILES string of the molecule is COc1cccc(CNC(=O)c2nn(-c3ccc(F)cc3)c(=O)cc2OC)c1. The van der Waals surface area contributed by atoms with Crippen molar-refractivity contribution in [3.05, 3.63) is 82.0 Å². The summed E-state index contributed by atoms with van der Waals surface area (Å²) in [7, 11) is 2.91. The van der Waals surface area contributed by atoms with Gasteiger partial charge in [-0.15, -0.1) is 0 Å². The van der Waals surface area contributed by atoms with Gasteiger partial charge in [0.15, 0.2) is 11.4 Å². The molecule has 7 nitrogen and oxygen atoms in total. The zero-order valence-electron chi connectivity index (χ0n) is 15.3. The Bertz CT molecular complexity index is 1050. The van der Waals surface area contributed by atoms with Crippen molar-refractivity contribution in [2.45, 2.75) is 6.54 Å². The molecule has 0 saturated carbocycles. The molecule has 0 bridgehead atoms. The number of ether oxygens (including phenoxy) is 2. The van der Waals surface area contributed by atoms with Crippen molar-refractivity contribution in [2.75, 3.05) is 14.2 Å². The number of methoxy groups -OCH3 is 2. The molecule has 1 heterocycles. The van der Waals surface area contributed by atoms with Crippen molar-refractivity contribution < 1.29 is 18.7 Å². The van der Waals surface area contributed by atoms with Gasteiger partial charge in [0.05, 0.1) is 26.0 Å². The Balaban J connectivity index is 1.88. The number of nitrogens with one attached hydrogen (secondary N) is 1. The number of rotatable bonds is 6. The van der Waals surface area contributed by atoms with E-state index < -0.39 is 17.3 Å². The van der Waals surface area contributed by atoms with Crippen LogP contribution in [0.3, 0.4) is 0 Å². The molecule has 1 N–H and O–H groups in total. The lowest BCUT2D eigenvalue weighted by Gasteiger charge is -2.12. The number of nitrogens with zero attached hydrogens (tertiary/aromatic N) is 2. The van der Waals surface area contributed by atoms with E-state index in [-0.39, 0.29) is 18.0 Å². The van der Waals surface area contributed by atoms with E-state index in [0.29, 0.717) is 11.4 Å². The van der Waals surface area contributed by atoms with Crippen molar-refractivity contribution in [2.24, 2.45) is 0 Å². The molecule has 3 aromatic rings. The highest BCUT2D eigenvalue weighted by Gasteiger charge is 2.18. The molecule has 0 aliphatic rings. The molecule has 1 aromatic heterocycles. The smallest absolute Gasteiger partial charge is 0.275 e. The van der Waals surface area contributed by atoms with Crippen LogP contribution in [0.4, 0.5) is 4.39 Å². The molecule has 0 unspecified atom stereocenters. The maximum absolute atomic E-state index is 13.1. The maximum Gasteiger partial charge on any atom is 0.275 e. The number of aromatic nitrogens is 2. The van der Waals surface area contributed by atoms with Crippen molar-refractivity contribution in [1.29, 1.82) is 0 Å². The second-order valence-corrected chi connectivity index (χ2v) is 5.82. The summed E-state index contributed by atoms with van der Waals surface area (Å²) in [5.41, 5.74) is 0.594. The largest absolute Gasteiger partial charge is 0.497 e. The molecule has 144 valence electrons. The molecule has 0 aliphatic carbocycles. The van der Waals surface area contributed by atoms with Gasteiger partial charge in [0, 0.05) is 6.54 Å². The molecule has 0 fully saturated rings. The van der Waals surface area contributed by atoms with Crippen LogP contribution >= 0.6 is 0 Å².